The molecule has 180 valence electrons. The van der Waals surface area contributed by atoms with Crippen LogP contribution in [0.2, 0.25) is 0 Å². The van der Waals surface area contributed by atoms with Gasteiger partial charge in [0.2, 0.25) is 0 Å². The fourth-order valence-corrected chi connectivity index (χ4v) is 4.45. The molecular formula is C28H29N3O4. The van der Waals surface area contributed by atoms with Crippen LogP contribution in [-0.4, -0.2) is 36.0 Å². The molecule has 0 aliphatic carbocycles. The van der Waals surface area contributed by atoms with E-state index in [1.165, 1.54) is 7.11 Å². The van der Waals surface area contributed by atoms with Gasteiger partial charge in [0.15, 0.2) is 0 Å². The third kappa shape index (κ3) is 4.89. The highest BCUT2D eigenvalue weighted by Gasteiger charge is 2.41. The summed E-state index contributed by atoms with van der Waals surface area (Å²) in [5.74, 6) is -0.576. The number of urea groups is 1. The predicted molar refractivity (Wildman–Crippen MR) is 136 cm³/mol. The first-order chi connectivity index (χ1) is 16.8. The molecule has 2 atom stereocenters. The average Bonchev–Trinajstić information content (AvgIpc) is 3.11. The number of carbonyl (C=O) groups excluding carboxylic acids is 3. The van der Waals surface area contributed by atoms with E-state index in [9.17, 15) is 14.4 Å². The number of aryl methyl sites for hydroxylation is 1. The molecule has 0 aromatic heterocycles. The third-order valence-corrected chi connectivity index (χ3v) is 6.37. The molecule has 0 saturated carbocycles. The molecule has 0 fully saturated rings. The van der Waals surface area contributed by atoms with Crippen LogP contribution in [0.15, 0.2) is 66.7 Å². The minimum atomic E-state index is -0.616. The number of esters is 1. The summed E-state index contributed by atoms with van der Waals surface area (Å²) in [4.78, 5) is 39.4. The van der Waals surface area contributed by atoms with Gasteiger partial charge < -0.3 is 20.3 Å². The van der Waals surface area contributed by atoms with Crippen molar-refractivity contribution >= 4 is 29.3 Å². The maximum atomic E-state index is 13.2. The number of benzene rings is 3. The maximum absolute atomic E-state index is 13.2. The van der Waals surface area contributed by atoms with Crippen molar-refractivity contribution < 1.29 is 19.1 Å². The summed E-state index contributed by atoms with van der Waals surface area (Å²) < 4.78 is 4.91. The quantitative estimate of drug-likeness (QED) is 0.447. The van der Waals surface area contributed by atoms with Gasteiger partial charge in [0.1, 0.15) is 6.04 Å². The van der Waals surface area contributed by atoms with Gasteiger partial charge in [-0.25, -0.2) is 9.59 Å². The van der Waals surface area contributed by atoms with E-state index in [1.54, 1.807) is 4.90 Å². The number of nitrogens with one attached hydrogen (secondary N) is 2. The Hall–Kier alpha value is -4.13. The van der Waals surface area contributed by atoms with Crippen LogP contribution in [0.5, 0.6) is 0 Å². The van der Waals surface area contributed by atoms with Gasteiger partial charge in [0, 0.05) is 16.9 Å². The molecule has 0 spiro atoms. The molecule has 1 aliphatic heterocycles. The zero-order valence-corrected chi connectivity index (χ0v) is 20.3. The molecule has 1 aliphatic rings. The molecule has 35 heavy (non-hydrogen) atoms. The number of methoxy groups -OCH3 is 1. The summed E-state index contributed by atoms with van der Waals surface area (Å²) in [5, 5.41) is 5.63. The smallest absolute Gasteiger partial charge is 0.328 e. The second-order valence-corrected chi connectivity index (χ2v) is 8.66. The molecule has 7 nitrogen and oxygen atoms in total. The van der Waals surface area contributed by atoms with Gasteiger partial charge in [-0.2, -0.15) is 0 Å². The molecular weight excluding hydrogens is 442 g/mol. The van der Waals surface area contributed by atoms with E-state index in [1.807, 2.05) is 87.5 Å². The Balaban J connectivity index is 1.48. The summed E-state index contributed by atoms with van der Waals surface area (Å²) in [5.41, 5.74) is 5.77. The lowest BCUT2D eigenvalue weighted by atomic mass is 9.98. The first-order valence-corrected chi connectivity index (χ1v) is 11.6. The summed E-state index contributed by atoms with van der Waals surface area (Å²) in [6.07, 6.45) is 0.482. The molecule has 2 N–H and O–H groups in total. The summed E-state index contributed by atoms with van der Waals surface area (Å²) in [6, 6.07) is 19.6. The Bertz CT molecular complexity index is 1250. The van der Waals surface area contributed by atoms with E-state index in [-0.39, 0.29) is 18.0 Å². The first kappa shape index (κ1) is 24.0. The fourth-order valence-electron chi connectivity index (χ4n) is 4.45. The Morgan fingerprint density at radius 2 is 1.51 bits per heavy atom. The monoisotopic (exact) mass is 471 g/mol. The molecule has 1 heterocycles. The lowest BCUT2D eigenvalue weighted by Gasteiger charge is -2.29. The van der Waals surface area contributed by atoms with E-state index >= 15 is 0 Å². The van der Waals surface area contributed by atoms with Crippen LogP contribution in [-0.2, 0) is 9.53 Å². The van der Waals surface area contributed by atoms with Crippen molar-refractivity contribution in [3.63, 3.8) is 0 Å². The van der Waals surface area contributed by atoms with Crippen LogP contribution in [0, 0.1) is 6.92 Å². The summed E-state index contributed by atoms with van der Waals surface area (Å²) in [6.45, 7) is 5.78. The first-order valence-electron chi connectivity index (χ1n) is 11.6. The van der Waals surface area contributed by atoms with E-state index in [0.717, 1.165) is 22.3 Å². The zero-order valence-electron chi connectivity index (χ0n) is 20.3. The standard InChI is InChI=1S/C28H29N3O4/c1-5-25(27(33)35-4)31-18(3)23-15-10-20(16-24(23)26(31)32)19-8-13-22(14-9-19)30-28(34)29-21-11-6-17(2)7-12-21/h6-16,18,25H,5H2,1-4H3,(H2,29,30,34). The van der Waals surface area contributed by atoms with Crippen molar-refractivity contribution in [1.82, 2.24) is 4.90 Å². The van der Waals surface area contributed by atoms with Gasteiger partial charge in [0.05, 0.1) is 13.2 Å². The molecule has 4 rings (SSSR count). The molecule has 0 bridgehead atoms. The Morgan fingerprint density at radius 3 is 2.09 bits per heavy atom. The maximum Gasteiger partial charge on any atom is 0.328 e. The van der Waals surface area contributed by atoms with Gasteiger partial charge in [-0.3, -0.25) is 4.79 Å². The number of nitrogens with zero attached hydrogens (tertiary/aromatic N) is 1. The minimum Gasteiger partial charge on any atom is -0.467 e. The number of rotatable bonds is 6. The van der Waals surface area contributed by atoms with E-state index in [2.05, 4.69) is 10.6 Å². The van der Waals surface area contributed by atoms with Crippen LogP contribution in [0.4, 0.5) is 16.2 Å². The number of carbonyl (C=O) groups is 3. The number of amides is 3. The van der Waals surface area contributed by atoms with E-state index < -0.39 is 12.0 Å². The summed E-state index contributed by atoms with van der Waals surface area (Å²) in [7, 11) is 1.34. The van der Waals surface area contributed by atoms with Crippen molar-refractivity contribution in [2.45, 2.75) is 39.3 Å². The second kappa shape index (κ2) is 10.0. The van der Waals surface area contributed by atoms with Gasteiger partial charge in [-0.1, -0.05) is 48.9 Å². The van der Waals surface area contributed by atoms with Crippen molar-refractivity contribution in [1.29, 1.82) is 0 Å². The lowest BCUT2D eigenvalue weighted by molar-refractivity contribution is -0.146. The van der Waals surface area contributed by atoms with Crippen LogP contribution < -0.4 is 10.6 Å². The van der Waals surface area contributed by atoms with Gasteiger partial charge in [-0.15, -0.1) is 0 Å². The fraction of sp³-hybridized carbons (Fsp3) is 0.250. The van der Waals surface area contributed by atoms with Crippen molar-refractivity contribution in [3.05, 3.63) is 83.4 Å². The normalized spacial score (nSPS) is 15.4. The molecule has 3 amide bonds. The molecule has 0 radical (unpaired) electrons. The van der Waals surface area contributed by atoms with Crippen LogP contribution in [0.1, 0.15) is 47.8 Å². The van der Waals surface area contributed by atoms with Gasteiger partial charge in [-0.05, 0) is 67.3 Å². The van der Waals surface area contributed by atoms with Crippen molar-refractivity contribution in [2.75, 3.05) is 17.7 Å². The van der Waals surface area contributed by atoms with Crippen LogP contribution in [0.3, 0.4) is 0 Å². The van der Waals surface area contributed by atoms with Crippen molar-refractivity contribution in [3.8, 4) is 11.1 Å². The average molecular weight is 472 g/mol. The number of hydrogen-bond donors (Lipinski definition) is 2. The largest absolute Gasteiger partial charge is 0.467 e. The topological polar surface area (TPSA) is 87.7 Å². The Labute approximate surface area is 205 Å². The van der Waals surface area contributed by atoms with Gasteiger partial charge in [0.25, 0.3) is 5.91 Å². The predicted octanol–water partition coefficient (Wildman–Crippen LogP) is 5.77. The highest BCUT2D eigenvalue weighted by atomic mass is 16.5. The zero-order chi connectivity index (χ0) is 25.1. The van der Waals surface area contributed by atoms with Crippen molar-refractivity contribution in [2.24, 2.45) is 0 Å². The number of anilines is 2. The minimum absolute atomic E-state index is 0.169. The highest BCUT2D eigenvalue weighted by Crippen LogP contribution is 2.38. The molecule has 3 aromatic rings. The van der Waals surface area contributed by atoms with E-state index in [4.69, 9.17) is 4.74 Å². The van der Waals surface area contributed by atoms with Gasteiger partial charge >= 0.3 is 12.0 Å². The van der Waals surface area contributed by atoms with Crippen LogP contribution >= 0.6 is 0 Å². The second-order valence-electron chi connectivity index (χ2n) is 8.66. The SMILES string of the molecule is CCC(C(=O)OC)N1C(=O)c2cc(-c3ccc(NC(=O)Nc4ccc(C)cc4)cc3)ccc2C1C. The number of fused-ring (bicyclic) bond motifs is 1. The molecule has 0 saturated heterocycles. The van der Waals surface area contributed by atoms with E-state index in [0.29, 0.717) is 23.4 Å². The summed E-state index contributed by atoms with van der Waals surface area (Å²) >= 11 is 0. The number of hydrogen-bond acceptors (Lipinski definition) is 4. The van der Waals surface area contributed by atoms with Crippen LogP contribution in [0.25, 0.3) is 11.1 Å². The Morgan fingerprint density at radius 1 is 0.943 bits per heavy atom. The number of ether oxygens (including phenoxy) is 1. The molecule has 3 aromatic carbocycles. The lowest BCUT2D eigenvalue weighted by Crippen LogP contribution is -2.43. The highest BCUT2D eigenvalue weighted by molar-refractivity contribution is 6.02. The molecule has 7 heteroatoms. The Kier molecular flexibility index (Phi) is 6.87. The third-order valence-electron chi connectivity index (χ3n) is 6.37. The molecule has 2 unspecified atom stereocenters.